The van der Waals surface area contributed by atoms with E-state index in [-0.39, 0.29) is 5.91 Å². The molecule has 2 rings (SSSR count). The highest BCUT2D eigenvalue weighted by molar-refractivity contribution is 14.1. The van der Waals surface area contributed by atoms with Crippen molar-refractivity contribution in [2.24, 2.45) is 0 Å². The van der Waals surface area contributed by atoms with Crippen molar-refractivity contribution in [3.05, 3.63) is 49.7 Å². The highest BCUT2D eigenvalue weighted by Crippen LogP contribution is 2.24. The van der Waals surface area contributed by atoms with Gasteiger partial charge in [-0.25, -0.2) is 4.79 Å². The molecule has 0 bridgehead atoms. The largest absolute Gasteiger partial charge is 0.465 e. The standard InChI is InChI=1S/C14H12INO3S/c1-16(13(17)9-7-12(15)20-8-9)11-6-4-3-5-10(11)14(18)19-2/h3-8H,1-2H3. The van der Waals surface area contributed by atoms with E-state index in [0.717, 1.165) is 2.88 Å². The van der Waals surface area contributed by atoms with Gasteiger partial charge < -0.3 is 9.64 Å². The minimum Gasteiger partial charge on any atom is -0.465 e. The van der Waals surface area contributed by atoms with Crippen LogP contribution in [0, 0.1) is 2.88 Å². The summed E-state index contributed by atoms with van der Waals surface area (Å²) in [7, 11) is 2.97. The predicted molar refractivity (Wildman–Crippen MR) is 87.6 cm³/mol. The van der Waals surface area contributed by atoms with Gasteiger partial charge in [0, 0.05) is 12.4 Å². The van der Waals surface area contributed by atoms with Gasteiger partial charge in [-0.15, -0.1) is 11.3 Å². The third-order valence-corrected chi connectivity index (χ3v) is 4.58. The Morgan fingerprint density at radius 1 is 1.30 bits per heavy atom. The number of para-hydroxylation sites is 1. The van der Waals surface area contributed by atoms with E-state index in [9.17, 15) is 9.59 Å². The number of halogens is 1. The number of nitrogens with zero attached hydrogens (tertiary/aromatic N) is 1. The summed E-state index contributed by atoms with van der Waals surface area (Å²) < 4.78 is 5.78. The van der Waals surface area contributed by atoms with E-state index in [1.165, 1.54) is 23.3 Å². The molecular formula is C14H12INO3S. The average Bonchev–Trinajstić information content (AvgIpc) is 2.91. The van der Waals surface area contributed by atoms with Crippen LogP contribution in [0.2, 0.25) is 0 Å². The molecule has 0 fully saturated rings. The Morgan fingerprint density at radius 2 is 2.00 bits per heavy atom. The van der Waals surface area contributed by atoms with Gasteiger partial charge in [-0.05, 0) is 40.8 Å². The zero-order valence-corrected chi connectivity index (χ0v) is 13.9. The van der Waals surface area contributed by atoms with Crippen LogP contribution in [0.15, 0.2) is 35.7 Å². The summed E-state index contributed by atoms with van der Waals surface area (Å²) in [5, 5.41) is 1.81. The van der Waals surface area contributed by atoms with Crippen LogP contribution in [-0.2, 0) is 4.74 Å². The number of methoxy groups -OCH3 is 1. The van der Waals surface area contributed by atoms with E-state index in [2.05, 4.69) is 22.6 Å². The number of benzene rings is 1. The maximum absolute atomic E-state index is 12.4. The van der Waals surface area contributed by atoms with Crippen molar-refractivity contribution in [1.82, 2.24) is 0 Å². The van der Waals surface area contributed by atoms with Gasteiger partial charge in [-0.1, -0.05) is 12.1 Å². The van der Waals surface area contributed by atoms with Crippen molar-refractivity contribution >= 4 is 51.5 Å². The van der Waals surface area contributed by atoms with Crippen LogP contribution < -0.4 is 4.90 Å². The van der Waals surface area contributed by atoms with Crippen LogP contribution >= 0.6 is 33.9 Å². The van der Waals surface area contributed by atoms with Gasteiger partial charge in [0.2, 0.25) is 0 Å². The number of hydrogen-bond acceptors (Lipinski definition) is 4. The third-order valence-electron chi connectivity index (χ3n) is 2.79. The Kier molecular flexibility index (Phi) is 4.77. The second kappa shape index (κ2) is 6.36. The van der Waals surface area contributed by atoms with Crippen LogP contribution in [0.4, 0.5) is 5.69 Å². The first-order valence-corrected chi connectivity index (χ1v) is 7.70. The summed E-state index contributed by atoms with van der Waals surface area (Å²) in [5.41, 5.74) is 1.52. The molecule has 1 aromatic carbocycles. The lowest BCUT2D eigenvalue weighted by molar-refractivity contribution is 0.0601. The van der Waals surface area contributed by atoms with Gasteiger partial charge in [-0.2, -0.15) is 0 Å². The van der Waals surface area contributed by atoms with Crippen molar-refractivity contribution in [2.45, 2.75) is 0 Å². The summed E-state index contributed by atoms with van der Waals surface area (Å²) in [4.78, 5) is 25.6. The maximum atomic E-state index is 12.4. The summed E-state index contributed by atoms with van der Waals surface area (Å²) in [6, 6.07) is 8.71. The Bertz CT molecular complexity index is 653. The Labute approximate surface area is 134 Å². The molecule has 0 aliphatic carbocycles. The molecule has 20 heavy (non-hydrogen) atoms. The second-order valence-electron chi connectivity index (χ2n) is 4.01. The van der Waals surface area contributed by atoms with Gasteiger partial charge in [0.25, 0.3) is 5.91 Å². The van der Waals surface area contributed by atoms with Crippen molar-refractivity contribution in [3.8, 4) is 0 Å². The minimum atomic E-state index is -0.458. The zero-order chi connectivity index (χ0) is 14.7. The first-order valence-electron chi connectivity index (χ1n) is 5.74. The fourth-order valence-electron chi connectivity index (χ4n) is 1.77. The van der Waals surface area contributed by atoms with Crippen LogP contribution in [0.5, 0.6) is 0 Å². The van der Waals surface area contributed by atoms with E-state index < -0.39 is 5.97 Å². The molecule has 0 unspecified atom stereocenters. The molecular weight excluding hydrogens is 389 g/mol. The first kappa shape index (κ1) is 15.0. The van der Waals surface area contributed by atoms with E-state index in [0.29, 0.717) is 16.8 Å². The number of hydrogen-bond donors (Lipinski definition) is 0. The molecule has 0 aliphatic heterocycles. The van der Waals surface area contributed by atoms with Gasteiger partial charge >= 0.3 is 5.97 Å². The SMILES string of the molecule is COC(=O)c1ccccc1N(C)C(=O)c1csc(I)c1. The summed E-state index contributed by atoms with van der Waals surface area (Å²) >= 11 is 3.68. The quantitative estimate of drug-likeness (QED) is 0.585. The lowest BCUT2D eigenvalue weighted by atomic mass is 10.1. The number of anilines is 1. The molecule has 0 aliphatic rings. The maximum Gasteiger partial charge on any atom is 0.339 e. The van der Waals surface area contributed by atoms with Gasteiger partial charge in [0.1, 0.15) is 0 Å². The number of esters is 1. The van der Waals surface area contributed by atoms with Crippen molar-refractivity contribution in [1.29, 1.82) is 0 Å². The normalized spacial score (nSPS) is 10.2. The average molecular weight is 401 g/mol. The number of carbonyl (C=O) groups is 2. The van der Waals surface area contributed by atoms with Crippen molar-refractivity contribution in [3.63, 3.8) is 0 Å². The smallest absolute Gasteiger partial charge is 0.339 e. The monoisotopic (exact) mass is 401 g/mol. The molecule has 6 heteroatoms. The summed E-state index contributed by atoms with van der Waals surface area (Å²) in [5.74, 6) is -0.610. The van der Waals surface area contributed by atoms with Crippen LogP contribution in [-0.4, -0.2) is 26.0 Å². The van der Waals surface area contributed by atoms with Crippen LogP contribution in [0.25, 0.3) is 0 Å². The molecule has 0 N–H and O–H groups in total. The van der Waals surface area contributed by atoms with E-state index in [1.54, 1.807) is 36.7 Å². The molecule has 0 saturated heterocycles. The number of ether oxygens (including phenoxy) is 1. The Morgan fingerprint density at radius 3 is 2.60 bits per heavy atom. The molecule has 1 heterocycles. The van der Waals surface area contributed by atoms with Gasteiger partial charge in [0.05, 0.1) is 26.8 Å². The van der Waals surface area contributed by atoms with Crippen LogP contribution in [0.1, 0.15) is 20.7 Å². The van der Waals surface area contributed by atoms with E-state index in [4.69, 9.17) is 4.74 Å². The molecule has 0 atom stereocenters. The van der Waals surface area contributed by atoms with Crippen molar-refractivity contribution < 1.29 is 14.3 Å². The van der Waals surface area contributed by atoms with Gasteiger partial charge in [0.15, 0.2) is 0 Å². The molecule has 2 aromatic rings. The molecule has 0 radical (unpaired) electrons. The number of thiophene rings is 1. The topological polar surface area (TPSA) is 46.6 Å². The molecule has 4 nitrogen and oxygen atoms in total. The summed E-state index contributed by atoms with van der Waals surface area (Å²) in [6.45, 7) is 0. The second-order valence-corrected chi connectivity index (χ2v) is 6.82. The molecule has 0 saturated carbocycles. The predicted octanol–water partition coefficient (Wildman–Crippen LogP) is 3.42. The molecule has 104 valence electrons. The zero-order valence-electron chi connectivity index (χ0n) is 10.9. The molecule has 1 aromatic heterocycles. The third kappa shape index (κ3) is 3.01. The van der Waals surface area contributed by atoms with E-state index >= 15 is 0 Å². The highest BCUT2D eigenvalue weighted by atomic mass is 127. The lowest BCUT2D eigenvalue weighted by Gasteiger charge is -2.19. The number of amides is 1. The fourth-order valence-corrected chi connectivity index (χ4v) is 3.09. The number of carbonyl (C=O) groups excluding carboxylic acids is 2. The Balaban J connectivity index is 2.36. The summed E-state index contributed by atoms with van der Waals surface area (Å²) in [6.07, 6.45) is 0. The van der Waals surface area contributed by atoms with Gasteiger partial charge in [-0.3, -0.25) is 4.79 Å². The fraction of sp³-hybridized carbons (Fsp3) is 0.143. The first-order chi connectivity index (χ1) is 9.54. The van der Waals surface area contributed by atoms with Crippen LogP contribution in [0.3, 0.4) is 0 Å². The highest BCUT2D eigenvalue weighted by Gasteiger charge is 2.20. The minimum absolute atomic E-state index is 0.152. The van der Waals surface area contributed by atoms with Crippen molar-refractivity contribution in [2.75, 3.05) is 19.1 Å². The molecule has 1 amide bonds. The molecule has 0 spiro atoms. The van der Waals surface area contributed by atoms with E-state index in [1.807, 2.05) is 6.07 Å². The number of rotatable bonds is 3. The lowest BCUT2D eigenvalue weighted by Crippen LogP contribution is -2.27. The Hall–Kier alpha value is -1.41.